The molecule has 1 atom stereocenters. The predicted octanol–water partition coefficient (Wildman–Crippen LogP) is 1.97. The predicted molar refractivity (Wildman–Crippen MR) is 91.4 cm³/mol. The van der Waals surface area contributed by atoms with Gasteiger partial charge >= 0.3 is 0 Å². The second-order valence-corrected chi connectivity index (χ2v) is 6.47. The summed E-state index contributed by atoms with van der Waals surface area (Å²) in [6, 6.07) is 4.31. The normalized spacial score (nSPS) is 19.0. The smallest absolute Gasteiger partial charge is 0.177 e. The van der Waals surface area contributed by atoms with Crippen LogP contribution in [0.2, 0.25) is 0 Å². The van der Waals surface area contributed by atoms with Crippen molar-refractivity contribution in [1.29, 1.82) is 0 Å². The van der Waals surface area contributed by atoms with E-state index in [1.807, 2.05) is 12.3 Å². The van der Waals surface area contributed by atoms with E-state index < -0.39 is 0 Å². The summed E-state index contributed by atoms with van der Waals surface area (Å²) in [6.07, 6.45) is 3.62. The number of morpholine rings is 1. The zero-order chi connectivity index (χ0) is 15.1. The summed E-state index contributed by atoms with van der Waals surface area (Å²) in [6.45, 7) is 4.48. The van der Waals surface area contributed by atoms with Gasteiger partial charge in [0, 0.05) is 22.4 Å². The van der Waals surface area contributed by atoms with Crippen LogP contribution in [-0.4, -0.2) is 50.8 Å². The number of hydrogen-bond donors (Lipinski definition) is 1. The Morgan fingerprint density at radius 3 is 3.09 bits per heavy atom. The van der Waals surface area contributed by atoms with E-state index in [-0.39, 0.29) is 0 Å². The maximum Gasteiger partial charge on any atom is 0.177 e. The first-order chi connectivity index (χ1) is 10.7. The van der Waals surface area contributed by atoms with Crippen molar-refractivity contribution in [1.82, 2.24) is 25.0 Å². The molecule has 3 aromatic heterocycles. The third-order valence-electron chi connectivity index (χ3n) is 3.84. The summed E-state index contributed by atoms with van der Waals surface area (Å²) in [4.78, 5) is 7.12. The van der Waals surface area contributed by atoms with E-state index in [1.165, 1.54) is 0 Å². The van der Waals surface area contributed by atoms with Crippen LogP contribution < -0.4 is 4.90 Å². The molecule has 1 saturated heterocycles. The number of ether oxygens (including phenoxy) is 1. The Bertz CT molecular complexity index is 799. The standard InChI is InChI=1S/C14H15IN6O/c1-9-8-22-5-4-20(9)13-6-11(15)10-7-17-21(14(10)18-13)12-2-3-16-19-12/h2-3,6-7,9H,4-5,8H2,1H3,(H,16,19)/t9-/m1/s1. The van der Waals surface area contributed by atoms with Gasteiger partial charge in [0.2, 0.25) is 0 Å². The monoisotopic (exact) mass is 410 g/mol. The highest BCUT2D eigenvalue weighted by Gasteiger charge is 2.22. The van der Waals surface area contributed by atoms with Crippen LogP contribution in [-0.2, 0) is 4.74 Å². The second-order valence-electron chi connectivity index (χ2n) is 5.31. The largest absolute Gasteiger partial charge is 0.377 e. The van der Waals surface area contributed by atoms with Crippen molar-refractivity contribution >= 4 is 39.4 Å². The minimum Gasteiger partial charge on any atom is -0.377 e. The molecule has 114 valence electrons. The third-order valence-corrected chi connectivity index (χ3v) is 4.73. The zero-order valence-corrected chi connectivity index (χ0v) is 14.2. The summed E-state index contributed by atoms with van der Waals surface area (Å²) < 4.78 is 8.42. The number of anilines is 1. The summed E-state index contributed by atoms with van der Waals surface area (Å²) in [7, 11) is 0. The maximum absolute atomic E-state index is 5.52. The van der Waals surface area contributed by atoms with Gasteiger partial charge in [0.1, 0.15) is 5.82 Å². The van der Waals surface area contributed by atoms with E-state index in [2.05, 4.69) is 55.8 Å². The minimum atomic E-state index is 0.316. The molecule has 1 aliphatic rings. The Balaban J connectivity index is 1.85. The number of rotatable bonds is 2. The van der Waals surface area contributed by atoms with Gasteiger partial charge in [-0.25, -0.2) is 4.98 Å². The molecule has 0 aromatic carbocycles. The molecule has 22 heavy (non-hydrogen) atoms. The van der Waals surface area contributed by atoms with Crippen LogP contribution in [0.5, 0.6) is 0 Å². The highest BCUT2D eigenvalue weighted by molar-refractivity contribution is 14.1. The molecule has 0 bridgehead atoms. The molecule has 0 amide bonds. The lowest BCUT2D eigenvalue weighted by Crippen LogP contribution is -2.44. The number of H-pyrrole nitrogens is 1. The van der Waals surface area contributed by atoms with Gasteiger partial charge in [-0.1, -0.05) is 0 Å². The topological polar surface area (TPSA) is 71.9 Å². The van der Waals surface area contributed by atoms with E-state index in [1.54, 1.807) is 10.9 Å². The molecule has 0 unspecified atom stereocenters. The van der Waals surface area contributed by atoms with Crippen molar-refractivity contribution in [2.75, 3.05) is 24.7 Å². The zero-order valence-electron chi connectivity index (χ0n) is 12.0. The van der Waals surface area contributed by atoms with Crippen molar-refractivity contribution in [3.8, 4) is 5.82 Å². The van der Waals surface area contributed by atoms with Crippen molar-refractivity contribution in [3.63, 3.8) is 0 Å². The van der Waals surface area contributed by atoms with Gasteiger partial charge in [-0.05, 0) is 35.6 Å². The first-order valence-corrected chi connectivity index (χ1v) is 8.21. The fourth-order valence-electron chi connectivity index (χ4n) is 2.70. The van der Waals surface area contributed by atoms with Gasteiger partial charge in [0.05, 0.1) is 30.8 Å². The Hall–Kier alpha value is -1.68. The van der Waals surface area contributed by atoms with Crippen molar-refractivity contribution in [2.45, 2.75) is 13.0 Å². The van der Waals surface area contributed by atoms with Gasteiger partial charge in [0.15, 0.2) is 11.5 Å². The number of halogens is 1. The molecule has 0 radical (unpaired) electrons. The van der Waals surface area contributed by atoms with Crippen LogP contribution in [0.4, 0.5) is 5.82 Å². The fraction of sp³-hybridized carbons (Fsp3) is 0.357. The van der Waals surface area contributed by atoms with Gasteiger partial charge in [-0.3, -0.25) is 5.10 Å². The van der Waals surface area contributed by atoms with Crippen LogP contribution in [0, 0.1) is 3.57 Å². The Morgan fingerprint density at radius 2 is 2.32 bits per heavy atom. The SMILES string of the molecule is C[C@@H]1COCCN1c1cc(I)c2cnn(-c3cc[nH]n3)c2n1. The number of nitrogens with zero attached hydrogens (tertiary/aromatic N) is 5. The van der Waals surface area contributed by atoms with E-state index in [9.17, 15) is 0 Å². The molecule has 0 spiro atoms. The maximum atomic E-state index is 5.52. The van der Waals surface area contributed by atoms with E-state index in [4.69, 9.17) is 9.72 Å². The molecule has 0 saturated carbocycles. The van der Waals surface area contributed by atoms with Gasteiger partial charge in [-0.2, -0.15) is 14.9 Å². The van der Waals surface area contributed by atoms with Gasteiger partial charge in [-0.15, -0.1) is 0 Å². The molecule has 3 aromatic rings. The van der Waals surface area contributed by atoms with Crippen molar-refractivity contribution in [3.05, 3.63) is 28.1 Å². The minimum absolute atomic E-state index is 0.316. The molecular weight excluding hydrogens is 395 g/mol. The van der Waals surface area contributed by atoms with Crippen LogP contribution in [0.3, 0.4) is 0 Å². The number of fused-ring (bicyclic) bond motifs is 1. The molecule has 0 aliphatic carbocycles. The first-order valence-electron chi connectivity index (χ1n) is 7.13. The molecule has 1 fully saturated rings. The molecule has 4 heterocycles. The molecule has 4 rings (SSSR count). The number of aromatic nitrogens is 5. The molecule has 8 heteroatoms. The van der Waals surface area contributed by atoms with E-state index in [0.29, 0.717) is 6.04 Å². The average Bonchev–Trinajstić information content (AvgIpc) is 3.16. The van der Waals surface area contributed by atoms with E-state index in [0.717, 1.165) is 46.0 Å². The van der Waals surface area contributed by atoms with Crippen LogP contribution >= 0.6 is 22.6 Å². The van der Waals surface area contributed by atoms with Crippen LogP contribution in [0.15, 0.2) is 24.5 Å². The van der Waals surface area contributed by atoms with Crippen molar-refractivity contribution < 1.29 is 4.74 Å². The highest BCUT2D eigenvalue weighted by Crippen LogP contribution is 2.27. The number of nitrogens with one attached hydrogen (secondary N) is 1. The van der Waals surface area contributed by atoms with Crippen molar-refractivity contribution in [2.24, 2.45) is 0 Å². The number of hydrogen-bond acceptors (Lipinski definition) is 5. The summed E-state index contributed by atoms with van der Waals surface area (Å²) >= 11 is 2.34. The number of pyridine rings is 1. The second kappa shape index (κ2) is 5.51. The van der Waals surface area contributed by atoms with Gasteiger partial charge in [0.25, 0.3) is 0 Å². The molecule has 1 aliphatic heterocycles. The summed E-state index contributed by atoms with van der Waals surface area (Å²) in [5.41, 5.74) is 0.827. The summed E-state index contributed by atoms with van der Waals surface area (Å²) in [5.74, 6) is 1.70. The summed E-state index contributed by atoms with van der Waals surface area (Å²) in [5, 5.41) is 12.5. The van der Waals surface area contributed by atoms with Crippen LogP contribution in [0.1, 0.15) is 6.92 Å². The lowest BCUT2D eigenvalue weighted by molar-refractivity contribution is 0.0985. The van der Waals surface area contributed by atoms with Crippen LogP contribution in [0.25, 0.3) is 16.9 Å². The Morgan fingerprint density at radius 1 is 1.41 bits per heavy atom. The average molecular weight is 410 g/mol. The Labute approximate surface area is 140 Å². The fourth-order valence-corrected chi connectivity index (χ4v) is 3.36. The number of aromatic amines is 1. The Kier molecular flexibility index (Phi) is 3.49. The quantitative estimate of drug-likeness (QED) is 0.655. The molecule has 7 nitrogen and oxygen atoms in total. The lowest BCUT2D eigenvalue weighted by atomic mass is 10.2. The molecular formula is C14H15IN6O. The lowest BCUT2D eigenvalue weighted by Gasteiger charge is -2.34. The third kappa shape index (κ3) is 2.26. The van der Waals surface area contributed by atoms with Gasteiger partial charge < -0.3 is 9.64 Å². The molecule has 1 N–H and O–H groups in total. The highest BCUT2D eigenvalue weighted by atomic mass is 127. The first kappa shape index (κ1) is 13.9. The van der Waals surface area contributed by atoms with E-state index >= 15 is 0 Å².